The van der Waals surface area contributed by atoms with Crippen molar-refractivity contribution in [3.8, 4) is 5.75 Å². The molecule has 1 aromatic carbocycles. The van der Waals surface area contributed by atoms with Gasteiger partial charge in [-0.05, 0) is 66.8 Å². The molecule has 0 atom stereocenters. The van der Waals surface area contributed by atoms with Crippen LogP contribution in [-0.2, 0) is 10.8 Å². The SMILES string of the molecule is CCCNC(=S)NCCCCOc1ccc(C(C)(C)CC)cc1C(C)(C)CC. The summed E-state index contributed by atoms with van der Waals surface area (Å²) in [7, 11) is 0. The second kappa shape index (κ2) is 11.6. The lowest BCUT2D eigenvalue weighted by Crippen LogP contribution is -2.36. The minimum atomic E-state index is 0.105. The van der Waals surface area contributed by atoms with Gasteiger partial charge in [0, 0.05) is 18.7 Å². The maximum atomic E-state index is 6.22. The Hall–Kier alpha value is -1.29. The van der Waals surface area contributed by atoms with Crippen LogP contribution in [0.25, 0.3) is 0 Å². The van der Waals surface area contributed by atoms with Crippen molar-refractivity contribution in [2.24, 2.45) is 0 Å². The molecule has 1 aromatic rings. The van der Waals surface area contributed by atoms with Gasteiger partial charge >= 0.3 is 0 Å². The molecule has 0 heterocycles. The van der Waals surface area contributed by atoms with Crippen LogP contribution in [0.4, 0.5) is 0 Å². The highest BCUT2D eigenvalue weighted by atomic mass is 32.1. The molecule has 4 heteroatoms. The first-order valence-corrected chi connectivity index (χ1v) is 11.4. The first kappa shape index (κ1) is 24.7. The lowest BCUT2D eigenvalue weighted by atomic mass is 9.76. The summed E-state index contributed by atoms with van der Waals surface area (Å²) in [6.45, 7) is 18.5. The highest BCUT2D eigenvalue weighted by molar-refractivity contribution is 7.80. The third kappa shape index (κ3) is 7.62. The number of hydrogen-bond donors (Lipinski definition) is 2. The Bertz CT molecular complexity index is 611. The zero-order chi connectivity index (χ0) is 21.2. The largest absolute Gasteiger partial charge is 0.493 e. The predicted molar refractivity (Wildman–Crippen MR) is 127 cm³/mol. The fourth-order valence-electron chi connectivity index (χ4n) is 2.91. The topological polar surface area (TPSA) is 33.3 Å². The Balaban J connectivity index is 2.66. The van der Waals surface area contributed by atoms with E-state index in [4.69, 9.17) is 17.0 Å². The normalized spacial score (nSPS) is 12.0. The molecular formula is C24H42N2OS. The maximum Gasteiger partial charge on any atom is 0.166 e. The van der Waals surface area contributed by atoms with E-state index in [-0.39, 0.29) is 10.8 Å². The molecule has 0 aliphatic rings. The molecule has 0 amide bonds. The van der Waals surface area contributed by atoms with E-state index in [9.17, 15) is 0 Å². The summed E-state index contributed by atoms with van der Waals surface area (Å²) in [5.74, 6) is 1.04. The van der Waals surface area contributed by atoms with E-state index >= 15 is 0 Å². The van der Waals surface area contributed by atoms with Crippen LogP contribution in [0.5, 0.6) is 5.75 Å². The van der Waals surface area contributed by atoms with Crippen LogP contribution < -0.4 is 15.4 Å². The van der Waals surface area contributed by atoms with E-state index in [1.165, 1.54) is 11.1 Å². The number of nitrogens with one attached hydrogen (secondary N) is 2. The summed E-state index contributed by atoms with van der Waals surface area (Å²) in [4.78, 5) is 0. The summed E-state index contributed by atoms with van der Waals surface area (Å²) in [5.41, 5.74) is 3.02. The van der Waals surface area contributed by atoms with Gasteiger partial charge in [-0.1, -0.05) is 60.6 Å². The number of hydrogen-bond acceptors (Lipinski definition) is 2. The summed E-state index contributed by atoms with van der Waals surface area (Å²) in [6, 6.07) is 6.80. The van der Waals surface area contributed by atoms with Gasteiger partial charge in [0.2, 0.25) is 0 Å². The van der Waals surface area contributed by atoms with Crippen LogP contribution in [0, 0.1) is 0 Å². The number of benzene rings is 1. The van der Waals surface area contributed by atoms with Crippen molar-refractivity contribution in [2.45, 2.75) is 91.4 Å². The molecule has 1 rings (SSSR count). The van der Waals surface area contributed by atoms with Gasteiger partial charge < -0.3 is 15.4 Å². The molecule has 0 bridgehead atoms. The van der Waals surface area contributed by atoms with Crippen LogP contribution in [0.2, 0.25) is 0 Å². The maximum absolute atomic E-state index is 6.22. The Morgan fingerprint density at radius 1 is 0.929 bits per heavy atom. The average Bonchev–Trinajstić information content (AvgIpc) is 2.68. The fraction of sp³-hybridized carbons (Fsp3) is 0.708. The highest BCUT2D eigenvalue weighted by Crippen LogP contribution is 2.38. The van der Waals surface area contributed by atoms with Gasteiger partial charge in [0.05, 0.1) is 6.61 Å². The van der Waals surface area contributed by atoms with Gasteiger partial charge in [-0.2, -0.15) is 0 Å². The van der Waals surface area contributed by atoms with Crippen molar-refractivity contribution < 1.29 is 4.74 Å². The lowest BCUT2D eigenvalue weighted by molar-refractivity contribution is 0.296. The van der Waals surface area contributed by atoms with E-state index in [1.807, 2.05) is 0 Å². The van der Waals surface area contributed by atoms with Crippen molar-refractivity contribution in [3.63, 3.8) is 0 Å². The second-order valence-corrected chi connectivity index (χ2v) is 9.33. The minimum Gasteiger partial charge on any atom is -0.493 e. The predicted octanol–water partition coefficient (Wildman–Crippen LogP) is 6.09. The van der Waals surface area contributed by atoms with E-state index in [2.05, 4.69) is 77.3 Å². The van der Waals surface area contributed by atoms with E-state index in [0.717, 1.165) is 62.7 Å². The van der Waals surface area contributed by atoms with Crippen molar-refractivity contribution in [1.29, 1.82) is 0 Å². The Labute approximate surface area is 179 Å². The van der Waals surface area contributed by atoms with Crippen molar-refractivity contribution >= 4 is 17.3 Å². The fourth-order valence-corrected chi connectivity index (χ4v) is 3.12. The number of thiocarbonyl (C=S) groups is 1. The van der Waals surface area contributed by atoms with Crippen LogP contribution in [0.3, 0.4) is 0 Å². The van der Waals surface area contributed by atoms with E-state index in [1.54, 1.807) is 0 Å². The number of rotatable bonds is 12. The van der Waals surface area contributed by atoms with Crippen molar-refractivity contribution in [3.05, 3.63) is 29.3 Å². The van der Waals surface area contributed by atoms with Crippen molar-refractivity contribution in [1.82, 2.24) is 10.6 Å². The molecule has 0 radical (unpaired) electrons. The number of unbranched alkanes of at least 4 members (excludes halogenated alkanes) is 1. The molecule has 3 nitrogen and oxygen atoms in total. The molecule has 0 aromatic heterocycles. The van der Waals surface area contributed by atoms with Gasteiger partial charge in [0.25, 0.3) is 0 Å². The van der Waals surface area contributed by atoms with Gasteiger partial charge in [-0.3, -0.25) is 0 Å². The molecule has 0 saturated carbocycles. The van der Waals surface area contributed by atoms with E-state index < -0.39 is 0 Å². The van der Waals surface area contributed by atoms with Crippen LogP contribution >= 0.6 is 12.2 Å². The molecule has 0 aliphatic heterocycles. The summed E-state index contributed by atoms with van der Waals surface area (Å²) in [5, 5.41) is 7.20. The van der Waals surface area contributed by atoms with Gasteiger partial charge in [0.1, 0.15) is 5.75 Å². The standard InChI is InChI=1S/C24H42N2OS/c1-8-15-25-22(28)26-16-11-12-17-27-21-14-13-19(23(4,5)9-2)18-20(21)24(6,7)10-3/h13-14,18H,8-12,15-17H2,1-7H3,(H2,25,26,28). The molecule has 0 spiro atoms. The second-order valence-electron chi connectivity index (χ2n) is 8.92. The molecule has 28 heavy (non-hydrogen) atoms. The molecular weight excluding hydrogens is 364 g/mol. The first-order valence-electron chi connectivity index (χ1n) is 11.0. The van der Waals surface area contributed by atoms with Crippen LogP contribution in [-0.4, -0.2) is 24.8 Å². The molecule has 0 unspecified atom stereocenters. The molecule has 2 N–H and O–H groups in total. The average molecular weight is 407 g/mol. The zero-order valence-electron chi connectivity index (χ0n) is 19.2. The summed E-state index contributed by atoms with van der Waals surface area (Å²) in [6.07, 6.45) is 5.35. The minimum absolute atomic E-state index is 0.105. The Morgan fingerprint density at radius 3 is 2.18 bits per heavy atom. The Morgan fingerprint density at radius 2 is 1.57 bits per heavy atom. The van der Waals surface area contributed by atoms with Crippen LogP contribution in [0.15, 0.2) is 18.2 Å². The van der Waals surface area contributed by atoms with Gasteiger partial charge in [0.15, 0.2) is 5.11 Å². The smallest absolute Gasteiger partial charge is 0.166 e. The third-order valence-corrected chi connectivity index (χ3v) is 6.20. The molecule has 0 fully saturated rings. The zero-order valence-corrected chi connectivity index (χ0v) is 20.0. The molecule has 160 valence electrons. The van der Waals surface area contributed by atoms with Gasteiger partial charge in [-0.25, -0.2) is 0 Å². The summed E-state index contributed by atoms with van der Waals surface area (Å²) < 4.78 is 6.22. The first-order chi connectivity index (χ1) is 13.2. The van der Waals surface area contributed by atoms with Gasteiger partial charge in [-0.15, -0.1) is 0 Å². The van der Waals surface area contributed by atoms with E-state index in [0.29, 0.717) is 0 Å². The number of ether oxygens (including phenoxy) is 1. The quantitative estimate of drug-likeness (QED) is 0.325. The van der Waals surface area contributed by atoms with Crippen LogP contribution in [0.1, 0.15) is 91.7 Å². The Kier molecular flexibility index (Phi) is 10.3. The monoisotopic (exact) mass is 406 g/mol. The van der Waals surface area contributed by atoms with Crippen molar-refractivity contribution in [2.75, 3.05) is 19.7 Å². The highest BCUT2D eigenvalue weighted by Gasteiger charge is 2.26. The molecule has 0 aliphatic carbocycles. The lowest BCUT2D eigenvalue weighted by Gasteiger charge is -2.30. The summed E-state index contributed by atoms with van der Waals surface area (Å²) >= 11 is 5.24. The third-order valence-electron chi connectivity index (χ3n) is 5.91. The molecule has 0 saturated heterocycles.